The summed E-state index contributed by atoms with van der Waals surface area (Å²) in [6, 6.07) is 9.43. The molecule has 3 heteroatoms. The molecule has 60 valence electrons. The van der Waals surface area contributed by atoms with E-state index in [4.69, 9.17) is 11.6 Å². The van der Waals surface area contributed by atoms with E-state index in [9.17, 15) is 0 Å². The van der Waals surface area contributed by atoms with Crippen molar-refractivity contribution in [3.63, 3.8) is 0 Å². The molecular formula is C9H7ClN2. The Morgan fingerprint density at radius 3 is 2.67 bits per heavy atom. The van der Waals surface area contributed by atoms with Gasteiger partial charge in [-0.05, 0) is 24.3 Å². The lowest BCUT2D eigenvalue weighted by Gasteiger charge is -2.01. The largest absolute Gasteiger partial charge is 0.292 e. The quantitative estimate of drug-likeness (QED) is 0.656. The Labute approximate surface area is 75.4 Å². The summed E-state index contributed by atoms with van der Waals surface area (Å²) >= 11 is 5.90. The summed E-state index contributed by atoms with van der Waals surface area (Å²) in [4.78, 5) is 4.16. The zero-order valence-electron chi connectivity index (χ0n) is 6.31. The molecule has 0 aliphatic heterocycles. The van der Waals surface area contributed by atoms with Gasteiger partial charge in [-0.15, -0.1) is 0 Å². The second kappa shape index (κ2) is 2.99. The zero-order valence-corrected chi connectivity index (χ0v) is 7.07. The van der Waals surface area contributed by atoms with E-state index in [1.165, 1.54) is 0 Å². The van der Waals surface area contributed by atoms with Crippen molar-refractivity contribution in [2.24, 2.45) is 0 Å². The first kappa shape index (κ1) is 7.37. The van der Waals surface area contributed by atoms with Crippen molar-refractivity contribution in [1.29, 1.82) is 0 Å². The molecular weight excluding hydrogens is 172 g/mol. The van der Waals surface area contributed by atoms with Gasteiger partial charge in [0.15, 0.2) is 0 Å². The molecule has 2 heterocycles. The molecule has 2 nitrogen and oxygen atoms in total. The van der Waals surface area contributed by atoms with E-state index >= 15 is 0 Å². The van der Waals surface area contributed by atoms with Crippen LogP contribution in [0.1, 0.15) is 0 Å². The summed E-state index contributed by atoms with van der Waals surface area (Å²) < 4.78 is 1.82. The number of nitrogens with zero attached hydrogens (tertiary/aromatic N) is 2. The Morgan fingerprint density at radius 1 is 1.17 bits per heavy atom. The molecule has 0 atom stereocenters. The molecule has 0 aliphatic rings. The normalized spacial score (nSPS) is 10.1. The predicted octanol–water partition coefficient (Wildman–Crippen LogP) is 2.53. The molecule has 0 bridgehead atoms. The van der Waals surface area contributed by atoms with E-state index in [0.29, 0.717) is 5.15 Å². The summed E-state index contributed by atoms with van der Waals surface area (Å²) in [6.07, 6.45) is 3.62. The Kier molecular flexibility index (Phi) is 1.84. The molecule has 0 amide bonds. The molecule has 12 heavy (non-hydrogen) atoms. The van der Waals surface area contributed by atoms with Crippen LogP contribution in [0.3, 0.4) is 0 Å². The number of halogens is 1. The third kappa shape index (κ3) is 1.21. The van der Waals surface area contributed by atoms with Gasteiger partial charge < -0.3 is 0 Å². The van der Waals surface area contributed by atoms with Crippen molar-refractivity contribution in [2.45, 2.75) is 0 Å². The number of hydrogen-bond donors (Lipinski definition) is 0. The van der Waals surface area contributed by atoms with E-state index in [2.05, 4.69) is 4.98 Å². The zero-order chi connectivity index (χ0) is 8.39. The molecule has 0 spiro atoms. The molecule has 0 unspecified atom stereocenters. The van der Waals surface area contributed by atoms with Gasteiger partial charge in [0.2, 0.25) is 0 Å². The SMILES string of the molecule is Clc1cccn1-c1ccccn1. The van der Waals surface area contributed by atoms with Crippen molar-refractivity contribution < 1.29 is 0 Å². The first-order valence-electron chi connectivity index (χ1n) is 3.62. The minimum Gasteiger partial charge on any atom is -0.292 e. The molecule has 0 aliphatic carbocycles. The van der Waals surface area contributed by atoms with Gasteiger partial charge in [0, 0.05) is 12.4 Å². The van der Waals surface area contributed by atoms with Crippen LogP contribution in [-0.2, 0) is 0 Å². The van der Waals surface area contributed by atoms with Gasteiger partial charge in [-0.25, -0.2) is 4.98 Å². The summed E-state index contributed by atoms with van der Waals surface area (Å²) in [5.41, 5.74) is 0. The summed E-state index contributed by atoms with van der Waals surface area (Å²) in [6.45, 7) is 0. The second-order valence-corrected chi connectivity index (χ2v) is 2.78. The molecule has 2 aromatic rings. The molecule has 0 fully saturated rings. The highest BCUT2D eigenvalue weighted by molar-refractivity contribution is 6.29. The maximum atomic E-state index is 5.90. The summed E-state index contributed by atoms with van der Waals surface area (Å²) in [5, 5.41) is 0.675. The van der Waals surface area contributed by atoms with Crippen LogP contribution >= 0.6 is 11.6 Å². The molecule has 0 saturated heterocycles. The number of hydrogen-bond acceptors (Lipinski definition) is 1. The van der Waals surface area contributed by atoms with Crippen LogP contribution in [0.2, 0.25) is 5.15 Å². The summed E-state index contributed by atoms with van der Waals surface area (Å²) in [7, 11) is 0. The first-order valence-corrected chi connectivity index (χ1v) is 4.00. The van der Waals surface area contributed by atoms with E-state index in [-0.39, 0.29) is 0 Å². The van der Waals surface area contributed by atoms with Gasteiger partial charge in [-0.3, -0.25) is 4.57 Å². The van der Waals surface area contributed by atoms with Crippen LogP contribution in [-0.4, -0.2) is 9.55 Å². The van der Waals surface area contributed by atoms with Crippen LogP contribution < -0.4 is 0 Å². The fourth-order valence-corrected chi connectivity index (χ4v) is 1.26. The van der Waals surface area contributed by atoms with Gasteiger partial charge in [0.25, 0.3) is 0 Å². The number of aromatic nitrogens is 2. The smallest absolute Gasteiger partial charge is 0.137 e. The molecule has 2 rings (SSSR count). The lowest BCUT2D eigenvalue weighted by Crippen LogP contribution is -1.93. The van der Waals surface area contributed by atoms with E-state index in [1.54, 1.807) is 6.20 Å². The fourth-order valence-electron chi connectivity index (χ4n) is 1.04. The van der Waals surface area contributed by atoms with E-state index in [0.717, 1.165) is 5.82 Å². The van der Waals surface area contributed by atoms with Gasteiger partial charge in [0.05, 0.1) is 0 Å². The van der Waals surface area contributed by atoms with Crippen LogP contribution in [0, 0.1) is 0 Å². The van der Waals surface area contributed by atoms with Crippen LogP contribution in [0.15, 0.2) is 42.7 Å². The molecule has 0 N–H and O–H groups in total. The lowest BCUT2D eigenvalue weighted by atomic mass is 10.5. The highest BCUT2D eigenvalue weighted by Gasteiger charge is 1.98. The Balaban J connectivity index is 2.51. The predicted molar refractivity (Wildman–Crippen MR) is 48.6 cm³/mol. The Hall–Kier alpha value is -1.28. The highest BCUT2D eigenvalue weighted by atomic mass is 35.5. The van der Waals surface area contributed by atoms with Gasteiger partial charge in [0.1, 0.15) is 11.0 Å². The third-order valence-electron chi connectivity index (χ3n) is 1.60. The molecule has 0 radical (unpaired) electrons. The van der Waals surface area contributed by atoms with E-state index < -0.39 is 0 Å². The first-order chi connectivity index (χ1) is 5.88. The van der Waals surface area contributed by atoms with Crippen LogP contribution in [0.5, 0.6) is 0 Å². The third-order valence-corrected chi connectivity index (χ3v) is 1.90. The highest BCUT2D eigenvalue weighted by Crippen LogP contribution is 2.13. The number of rotatable bonds is 1. The monoisotopic (exact) mass is 178 g/mol. The minimum absolute atomic E-state index is 0.675. The number of pyridine rings is 1. The van der Waals surface area contributed by atoms with Crippen molar-refractivity contribution in [3.05, 3.63) is 47.9 Å². The Morgan fingerprint density at radius 2 is 2.08 bits per heavy atom. The standard InChI is InChI=1S/C9H7ClN2/c10-8-4-3-7-12(8)9-5-1-2-6-11-9/h1-7H. The van der Waals surface area contributed by atoms with Gasteiger partial charge in [-0.2, -0.15) is 0 Å². The van der Waals surface area contributed by atoms with Crippen LogP contribution in [0.25, 0.3) is 5.82 Å². The Bertz CT molecular complexity index is 367. The summed E-state index contributed by atoms with van der Waals surface area (Å²) in [5.74, 6) is 0.840. The molecule has 0 aromatic carbocycles. The maximum Gasteiger partial charge on any atom is 0.137 e. The van der Waals surface area contributed by atoms with Gasteiger partial charge in [-0.1, -0.05) is 17.7 Å². The average molecular weight is 179 g/mol. The van der Waals surface area contributed by atoms with Crippen molar-refractivity contribution in [2.75, 3.05) is 0 Å². The van der Waals surface area contributed by atoms with E-state index in [1.807, 2.05) is 41.1 Å². The van der Waals surface area contributed by atoms with Crippen molar-refractivity contribution >= 4 is 11.6 Å². The van der Waals surface area contributed by atoms with Crippen LogP contribution in [0.4, 0.5) is 0 Å². The van der Waals surface area contributed by atoms with Crippen molar-refractivity contribution in [3.8, 4) is 5.82 Å². The molecule has 2 aromatic heterocycles. The topological polar surface area (TPSA) is 17.8 Å². The average Bonchev–Trinajstić information content (AvgIpc) is 2.53. The lowest BCUT2D eigenvalue weighted by molar-refractivity contribution is 1.01. The van der Waals surface area contributed by atoms with Gasteiger partial charge >= 0.3 is 0 Å². The molecule has 0 saturated carbocycles. The fraction of sp³-hybridized carbons (Fsp3) is 0. The minimum atomic E-state index is 0.675. The van der Waals surface area contributed by atoms with Crippen molar-refractivity contribution in [1.82, 2.24) is 9.55 Å². The maximum absolute atomic E-state index is 5.90. The second-order valence-electron chi connectivity index (χ2n) is 2.39.